The highest BCUT2D eigenvalue weighted by molar-refractivity contribution is 9.10. The molecular formula is C19H17BrN6. The number of anilines is 3. The van der Waals surface area contributed by atoms with Crippen LogP contribution < -0.4 is 10.6 Å². The monoisotopic (exact) mass is 408 g/mol. The minimum atomic E-state index is 0.541. The van der Waals surface area contributed by atoms with Gasteiger partial charge in [0.15, 0.2) is 0 Å². The van der Waals surface area contributed by atoms with E-state index in [1.165, 1.54) is 5.39 Å². The fourth-order valence-electron chi connectivity index (χ4n) is 2.66. The summed E-state index contributed by atoms with van der Waals surface area (Å²) in [4.78, 5) is 16.4. The van der Waals surface area contributed by atoms with E-state index in [0.717, 1.165) is 40.2 Å². The summed E-state index contributed by atoms with van der Waals surface area (Å²) in [5.41, 5.74) is 3.05. The largest absolute Gasteiger partial charge is 0.369 e. The van der Waals surface area contributed by atoms with Gasteiger partial charge < -0.3 is 15.6 Å². The summed E-state index contributed by atoms with van der Waals surface area (Å²) in [7, 11) is 0. The zero-order valence-electron chi connectivity index (χ0n) is 13.9. The molecule has 130 valence electrons. The SMILES string of the molecule is Brc1cnc(Nc2ccc3cc[nH]c3c2)nc1NCCc1ccccn1. The summed E-state index contributed by atoms with van der Waals surface area (Å²) in [6.07, 6.45) is 6.29. The molecule has 0 amide bonds. The van der Waals surface area contributed by atoms with E-state index in [9.17, 15) is 0 Å². The number of H-pyrrole nitrogens is 1. The van der Waals surface area contributed by atoms with Crippen molar-refractivity contribution < 1.29 is 0 Å². The van der Waals surface area contributed by atoms with Crippen LogP contribution in [0.25, 0.3) is 10.9 Å². The highest BCUT2D eigenvalue weighted by Gasteiger charge is 2.06. The lowest BCUT2D eigenvalue weighted by Crippen LogP contribution is -2.09. The Morgan fingerprint density at radius 2 is 2.04 bits per heavy atom. The molecule has 3 aromatic heterocycles. The molecule has 4 aromatic rings. The minimum Gasteiger partial charge on any atom is -0.369 e. The zero-order chi connectivity index (χ0) is 17.8. The van der Waals surface area contributed by atoms with E-state index in [0.29, 0.717) is 5.95 Å². The highest BCUT2D eigenvalue weighted by atomic mass is 79.9. The lowest BCUT2D eigenvalue weighted by molar-refractivity contribution is 0.949. The van der Waals surface area contributed by atoms with Crippen molar-refractivity contribution in [3.05, 3.63) is 71.2 Å². The van der Waals surface area contributed by atoms with Crippen molar-refractivity contribution in [2.24, 2.45) is 0 Å². The van der Waals surface area contributed by atoms with Crippen molar-refractivity contribution in [3.63, 3.8) is 0 Å². The maximum atomic E-state index is 4.56. The quantitative estimate of drug-likeness (QED) is 0.437. The molecule has 26 heavy (non-hydrogen) atoms. The molecule has 0 bridgehead atoms. The zero-order valence-corrected chi connectivity index (χ0v) is 15.5. The molecule has 6 nitrogen and oxygen atoms in total. The molecule has 3 heterocycles. The van der Waals surface area contributed by atoms with Gasteiger partial charge in [-0.3, -0.25) is 4.98 Å². The summed E-state index contributed by atoms with van der Waals surface area (Å²) in [6.45, 7) is 0.737. The highest BCUT2D eigenvalue weighted by Crippen LogP contribution is 2.23. The number of benzene rings is 1. The van der Waals surface area contributed by atoms with E-state index in [4.69, 9.17) is 0 Å². The van der Waals surface area contributed by atoms with Crippen molar-refractivity contribution in [1.29, 1.82) is 0 Å². The number of aromatic amines is 1. The summed E-state index contributed by atoms with van der Waals surface area (Å²) >= 11 is 3.49. The van der Waals surface area contributed by atoms with Crippen LogP contribution in [0.5, 0.6) is 0 Å². The van der Waals surface area contributed by atoms with Gasteiger partial charge in [0.2, 0.25) is 5.95 Å². The average molecular weight is 409 g/mol. The van der Waals surface area contributed by atoms with Crippen LogP contribution in [0.4, 0.5) is 17.5 Å². The summed E-state index contributed by atoms with van der Waals surface area (Å²) in [5.74, 6) is 1.29. The number of aromatic nitrogens is 4. The van der Waals surface area contributed by atoms with Crippen molar-refractivity contribution in [2.45, 2.75) is 6.42 Å². The van der Waals surface area contributed by atoms with Crippen LogP contribution in [0.3, 0.4) is 0 Å². The second-order valence-corrected chi connectivity index (χ2v) is 6.65. The number of fused-ring (bicyclic) bond motifs is 1. The predicted octanol–water partition coefficient (Wildman–Crippen LogP) is 4.51. The van der Waals surface area contributed by atoms with Crippen LogP contribution in [0.1, 0.15) is 5.69 Å². The number of nitrogens with zero attached hydrogens (tertiary/aromatic N) is 3. The topological polar surface area (TPSA) is 78.5 Å². The average Bonchev–Trinajstić information content (AvgIpc) is 3.13. The lowest BCUT2D eigenvalue weighted by Gasteiger charge is -2.10. The Hall–Kier alpha value is -2.93. The van der Waals surface area contributed by atoms with Gasteiger partial charge in [0.05, 0.1) is 4.47 Å². The molecule has 0 aliphatic heterocycles. The van der Waals surface area contributed by atoms with Gasteiger partial charge >= 0.3 is 0 Å². The Morgan fingerprint density at radius 3 is 2.92 bits per heavy atom. The van der Waals surface area contributed by atoms with Crippen LogP contribution in [0, 0.1) is 0 Å². The van der Waals surface area contributed by atoms with E-state index in [-0.39, 0.29) is 0 Å². The number of pyridine rings is 1. The van der Waals surface area contributed by atoms with Gasteiger partial charge in [-0.1, -0.05) is 12.1 Å². The van der Waals surface area contributed by atoms with Crippen molar-refractivity contribution in [2.75, 3.05) is 17.2 Å². The Labute approximate surface area is 159 Å². The number of halogens is 1. The van der Waals surface area contributed by atoms with Crippen molar-refractivity contribution in [3.8, 4) is 0 Å². The number of rotatable bonds is 6. The van der Waals surface area contributed by atoms with Crippen LogP contribution in [0.15, 0.2) is 65.5 Å². The molecule has 0 unspecified atom stereocenters. The van der Waals surface area contributed by atoms with Crippen LogP contribution in [0.2, 0.25) is 0 Å². The molecule has 0 atom stereocenters. The molecule has 4 rings (SSSR count). The van der Waals surface area contributed by atoms with Crippen molar-refractivity contribution in [1.82, 2.24) is 19.9 Å². The van der Waals surface area contributed by atoms with E-state index >= 15 is 0 Å². The van der Waals surface area contributed by atoms with Crippen LogP contribution in [-0.2, 0) is 6.42 Å². The third kappa shape index (κ3) is 3.83. The van der Waals surface area contributed by atoms with E-state index < -0.39 is 0 Å². The Bertz CT molecular complexity index is 1010. The van der Waals surface area contributed by atoms with Gasteiger partial charge in [0, 0.05) is 48.5 Å². The molecule has 0 radical (unpaired) electrons. The van der Waals surface area contributed by atoms with Gasteiger partial charge in [-0.25, -0.2) is 4.98 Å². The van der Waals surface area contributed by atoms with E-state index in [2.05, 4.69) is 52.6 Å². The first kappa shape index (κ1) is 16.5. The van der Waals surface area contributed by atoms with Gasteiger partial charge in [-0.15, -0.1) is 0 Å². The molecular weight excluding hydrogens is 392 g/mol. The number of hydrogen-bond acceptors (Lipinski definition) is 5. The maximum Gasteiger partial charge on any atom is 0.229 e. The normalized spacial score (nSPS) is 10.8. The van der Waals surface area contributed by atoms with E-state index in [1.807, 2.05) is 42.6 Å². The molecule has 3 N–H and O–H groups in total. The molecule has 1 aromatic carbocycles. The first-order valence-corrected chi connectivity index (χ1v) is 9.08. The fraction of sp³-hybridized carbons (Fsp3) is 0.105. The van der Waals surface area contributed by atoms with Gasteiger partial charge in [0.25, 0.3) is 0 Å². The summed E-state index contributed by atoms with van der Waals surface area (Å²) < 4.78 is 0.823. The number of hydrogen-bond donors (Lipinski definition) is 3. The smallest absolute Gasteiger partial charge is 0.229 e. The molecule has 7 heteroatoms. The van der Waals surface area contributed by atoms with Crippen LogP contribution >= 0.6 is 15.9 Å². The summed E-state index contributed by atoms with van der Waals surface area (Å²) in [6, 6.07) is 14.1. The second-order valence-electron chi connectivity index (χ2n) is 5.79. The molecule has 0 fully saturated rings. The standard InChI is InChI=1S/C19H17BrN6/c20-16-12-24-19(25-15-5-4-13-6-9-22-17(13)11-15)26-18(16)23-10-7-14-3-1-2-8-21-14/h1-6,8-9,11-12,22H,7,10H2,(H2,23,24,25,26). The minimum absolute atomic E-state index is 0.541. The molecule has 0 spiro atoms. The predicted molar refractivity (Wildman–Crippen MR) is 108 cm³/mol. The third-order valence-corrected chi connectivity index (χ3v) is 4.54. The van der Waals surface area contributed by atoms with Gasteiger partial charge in [-0.05, 0) is 51.6 Å². The second kappa shape index (κ2) is 7.53. The maximum absolute atomic E-state index is 4.56. The number of nitrogens with one attached hydrogen (secondary N) is 3. The molecule has 0 saturated carbocycles. The summed E-state index contributed by atoms with van der Waals surface area (Å²) in [5, 5.41) is 7.75. The Morgan fingerprint density at radius 1 is 1.08 bits per heavy atom. The van der Waals surface area contributed by atoms with Crippen molar-refractivity contribution >= 4 is 44.3 Å². The lowest BCUT2D eigenvalue weighted by atomic mass is 10.2. The third-order valence-electron chi connectivity index (χ3n) is 3.96. The molecule has 0 saturated heterocycles. The Balaban J connectivity index is 1.45. The Kier molecular flexibility index (Phi) is 4.79. The van der Waals surface area contributed by atoms with Gasteiger partial charge in [0.1, 0.15) is 5.82 Å². The molecule has 0 aliphatic carbocycles. The fourth-order valence-corrected chi connectivity index (χ4v) is 2.99. The van der Waals surface area contributed by atoms with Gasteiger partial charge in [-0.2, -0.15) is 4.98 Å². The first-order valence-electron chi connectivity index (χ1n) is 8.28. The van der Waals surface area contributed by atoms with Crippen LogP contribution in [-0.4, -0.2) is 26.5 Å². The molecule has 0 aliphatic rings. The first-order chi connectivity index (χ1) is 12.8. The van der Waals surface area contributed by atoms with E-state index in [1.54, 1.807) is 12.4 Å².